The van der Waals surface area contributed by atoms with Crippen molar-refractivity contribution in [1.29, 1.82) is 0 Å². The van der Waals surface area contributed by atoms with Gasteiger partial charge >= 0.3 is 0 Å². The van der Waals surface area contributed by atoms with E-state index >= 15 is 0 Å². The van der Waals surface area contributed by atoms with E-state index < -0.39 is 10.0 Å². The summed E-state index contributed by atoms with van der Waals surface area (Å²) in [6.07, 6.45) is 0.555. The topological polar surface area (TPSA) is 75.4 Å². The zero-order chi connectivity index (χ0) is 16.4. The van der Waals surface area contributed by atoms with E-state index in [9.17, 15) is 8.42 Å². The van der Waals surface area contributed by atoms with Crippen molar-refractivity contribution < 1.29 is 13.5 Å². The van der Waals surface area contributed by atoms with Gasteiger partial charge in [-0.25, -0.2) is 12.7 Å². The zero-order valence-corrected chi connectivity index (χ0v) is 14.7. The zero-order valence-electron chi connectivity index (χ0n) is 13.8. The van der Waals surface area contributed by atoms with Gasteiger partial charge in [-0.2, -0.15) is 5.10 Å². The molecule has 0 spiro atoms. The molecule has 0 aromatic carbocycles. The molecule has 0 saturated carbocycles. The number of rotatable bonds is 6. The van der Waals surface area contributed by atoms with Crippen molar-refractivity contribution >= 4 is 10.0 Å². The number of hydrogen-bond acceptors (Lipinski definition) is 4. The van der Waals surface area contributed by atoms with Crippen molar-refractivity contribution in [3.05, 3.63) is 11.4 Å². The summed E-state index contributed by atoms with van der Waals surface area (Å²) in [5, 5.41) is 13.2. The van der Waals surface area contributed by atoms with Crippen LogP contribution in [-0.4, -0.2) is 47.8 Å². The molecule has 0 radical (unpaired) electrons. The smallest absolute Gasteiger partial charge is 0.246 e. The predicted octanol–water partition coefficient (Wildman–Crippen LogP) is 1.55. The molecule has 0 saturated heterocycles. The quantitative estimate of drug-likeness (QED) is 0.864. The minimum absolute atomic E-state index is 0.0599. The van der Waals surface area contributed by atoms with Crippen molar-refractivity contribution in [2.45, 2.75) is 52.5 Å². The number of aryl methyl sites for hydroxylation is 2. The molecule has 1 aromatic rings. The lowest BCUT2D eigenvalue weighted by molar-refractivity contribution is 0.276. The average molecular weight is 317 g/mol. The van der Waals surface area contributed by atoms with Gasteiger partial charge in [0, 0.05) is 26.7 Å². The van der Waals surface area contributed by atoms with Gasteiger partial charge in [-0.3, -0.25) is 4.68 Å². The Morgan fingerprint density at radius 1 is 1.29 bits per heavy atom. The SMILES string of the molecule is Cc1nn(CCCO)c(C)c1S(=O)(=O)N(C)CC(C)(C)C. The van der Waals surface area contributed by atoms with Crippen LogP contribution in [0.25, 0.3) is 0 Å². The van der Waals surface area contributed by atoms with Crippen LogP contribution in [0.4, 0.5) is 0 Å². The highest BCUT2D eigenvalue weighted by Gasteiger charge is 2.30. The lowest BCUT2D eigenvalue weighted by atomic mass is 9.97. The second kappa shape index (κ2) is 6.46. The van der Waals surface area contributed by atoms with Crippen LogP contribution in [0, 0.1) is 19.3 Å². The van der Waals surface area contributed by atoms with Crippen LogP contribution in [0.2, 0.25) is 0 Å². The first-order valence-electron chi connectivity index (χ1n) is 7.12. The Bertz CT molecular complexity index is 585. The molecule has 0 bridgehead atoms. The molecule has 122 valence electrons. The van der Waals surface area contributed by atoms with Crippen molar-refractivity contribution in [1.82, 2.24) is 14.1 Å². The summed E-state index contributed by atoms with van der Waals surface area (Å²) >= 11 is 0. The molecule has 0 aliphatic carbocycles. The monoisotopic (exact) mass is 317 g/mol. The molecule has 0 unspecified atom stereocenters. The van der Waals surface area contributed by atoms with Crippen molar-refractivity contribution in [2.75, 3.05) is 20.2 Å². The van der Waals surface area contributed by atoms with E-state index in [1.165, 1.54) is 4.31 Å². The Hall–Kier alpha value is -0.920. The number of aliphatic hydroxyl groups is 1. The fourth-order valence-electron chi connectivity index (χ4n) is 2.40. The standard InChI is InChI=1S/C14H27N3O3S/c1-11-13(12(2)17(15-11)8-7-9-18)21(19,20)16(6)10-14(3,4)5/h18H,7-10H2,1-6H3. The lowest BCUT2D eigenvalue weighted by Gasteiger charge is -2.26. The summed E-state index contributed by atoms with van der Waals surface area (Å²) in [7, 11) is -1.95. The molecular formula is C14H27N3O3S. The van der Waals surface area contributed by atoms with Crippen LogP contribution in [-0.2, 0) is 16.6 Å². The first kappa shape index (κ1) is 18.1. The molecule has 6 nitrogen and oxygen atoms in total. The largest absolute Gasteiger partial charge is 0.396 e. The maximum absolute atomic E-state index is 12.8. The molecule has 0 amide bonds. The molecule has 1 heterocycles. The van der Waals surface area contributed by atoms with Crippen molar-refractivity contribution in [3.8, 4) is 0 Å². The first-order valence-corrected chi connectivity index (χ1v) is 8.56. The van der Waals surface area contributed by atoms with Gasteiger partial charge in [-0.15, -0.1) is 0 Å². The normalized spacial score (nSPS) is 13.1. The highest BCUT2D eigenvalue weighted by atomic mass is 32.2. The van der Waals surface area contributed by atoms with Crippen molar-refractivity contribution in [2.24, 2.45) is 5.41 Å². The van der Waals surface area contributed by atoms with E-state index in [2.05, 4.69) is 5.10 Å². The van der Waals surface area contributed by atoms with E-state index in [0.29, 0.717) is 30.9 Å². The summed E-state index contributed by atoms with van der Waals surface area (Å²) < 4.78 is 28.6. The highest BCUT2D eigenvalue weighted by Crippen LogP contribution is 2.25. The van der Waals surface area contributed by atoms with E-state index in [-0.39, 0.29) is 16.9 Å². The van der Waals surface area contributed by atoms with E-state index in [4.69, 9.17) is 5.11 Å². The fraction of sp³-hybridized carbons (Fsp3) is 0.786. The van der Waals surface area contributed by atoms with Crippen molar-refractivity contribution in [3.63, 3.8) is 0 Å². The van der Waals surface area contributed by atoms with Gasteiger partial charge < -0.3 is 5.11 Å². The third-order valence-corrected chi connectivity index (χ3v) is 5.26. The molecule has 7 heteroatoms. The Balaban J connectivity index is 3.17. The van der Waals surface area contributed by atoms with Gasteiger partial charge in [0.05, 0.1) is 11.4 Å². The molecule has 21 heavy (non-hydrogen) atoms. The maximum atomic E-state index is 12.8. The van der Waals surface area contributed by atoms with E-state index in [0.717, 1.165) is 0 Å². The maximum Gasteiger partial charge on any atom is 0.246 e. The van der Waals surface area contributed by atoms with Crippen LogP contribution < -0.4 is 0 Å². The van der Waals surface area contributed by atoms with Gasteiger partial charge in [0.25, 0.3) is 0 Å². The second-order valence-corrected chi connectivity index (χ2v) is 8.60. The fourth-order valence-corrected chi connectivity index (χ4v) is 4.16. The van der Waals surface area contributed by atoms with Gasteiger partial charge in [0.1, 0.15) is 4.90 Å². The molecule has 0 aliphatic heterocycles. The summed E-state index contributed by atoms with van der Waals surface area (Å²) in [6.45, 7) is 10.5. The number of hydrogen-bond donors (Lipinski definition) is 1. The number of sulfonamides is 1. The average Bonchev–Trinajstić information content (AvgIpc) is 2.59. The van der Waals surface area contributed by atoms with Crippen LogP contribution >= 0.6 is 0 Å². The Labute approximate surface area is 127 Å². The molecule has 1 N–H and O–H groups in total. The molecule has 1 aromatic heterocycles. The van der Waals surface area contributed by atoms with Gasteiger partial charge in [0.15, 0.2) is 0 Å². The van der Waals surface area contributed by atoms with Crippen LogP contribution in [0.15, 0.2) is 4.90 Å². The van der Waals surface area contributed by atoms with Crippen LogP contribution in [0.3, 0.4) is 0 Å². The minimum Gasteiger partial charge on any atom is -0.396 e. The van der Waals surface area contributed by atoms with E-state index in [1.807, 2.05) is 20.8 Å². The first-order chi connectivity index (χ1) is 9.50. The Morgan fingerprint density at radius 3 is 2.33 bits per heavy atom. The van der Waals surface area contributed by atoms with Crippen LogP contribution in [0.1, 0.15) is 38.6 Å². The molecule has 0 fully saturated rings. The van der Waals surface area contributed by atoms with Gasteiger partial charge in [-0.1, -0.05) is 20.8 Å². The Kier molecular flexibility index (Phi) is 5.57. The molecular weight excluding hydrogens is 290 g/mol. The van der Waals surface area contributed by atoms with Gasteiger partial charge in [-0.05, 0) is 25.7 Å². The third-order valence-electron chi connectivity index (χ3n) is 3.21. The van der Waals surface area contributed by atoms with Crippen LogP contribution in [0.5, 0.6) is 0 Å². The summed E-state index contributed by atoms with van der Waals surface area (Å²) in [6, 6.07) is 0. The molecule has 0 atom stereocenters. The lowest BCUT2D eigenvalue weighted by Crippen LogP contribution is -2.35. The Morgan fingerprint density at radius 2 is 1.86 bits per heavy atom. The summed E-state index contributed by atoms with van der Waals surface area (Å²) in [5.74, 6) is 0. The molecule has 1 rings (SSSR count). The number of aliphatic hydroxyl groups excluding tert-OH is 1. The highest BCUT2D eigenvalue weighted by molar-refractivity contribution is 7.89. The predicted molar refractivity (Wildman–Crippen MR) is 82.7 cm³/mol. The van der Waals surface area contributed by atoms with Gasteiger partial charge in [0.2, 0.25) is 10.0 Å². The summed E-state index contributed by atoms with van der Waals surface area (Å²) in [5.41, 5.74) is 1.02. The third kappa shape index (κ3) is 4.28. The van der Waals surface area contributed by atoms with E-state index in [1.54, 1.807) is 25.6 Å². The molecule has 0 aliphatic rings. The number of aromatic nitrogens is 2. The number of nitrogens with zero attached hydrogens (tertiary/aromatic N) is 3. The minimum atomic E-state index is -3.55. The second-order valence-electron chi connectivity index (χ2n) is 6.62. The summed E-state index contributed by atoms with van der Waals surface area (Å²) in [4.78, 5) is 0.284.